The van der Waals surface area contributed by atoms with Crippen LogP contribution in [0, 0.1) is 0 Å². The summed E-state index contributed by atoms with van der Waals surface area (Å²) in [5.41, 5.74) is 2.10. The summed E-state index contributed by atoms with van der Waals surface area (Å²) in [6.45, 7) is 3.03. The number of amides is 1. The third-order valence-corrected chi connectivity index (χ3v) is 4.93. The molecule has 0 radical (unpaired) electrons. The van der Waals surface area contributed by atoms with Gasteiger partial charge in [-0.1, -0.05) is 18.2 Å². The van der Waals surface area contributed by atoms with Gasteiger partial charge in [-0.25, -0.2) is 13.6 Å². The molecule has 0 bridgehead atoms. The van der Waals surface area contributed by atoms with E-state index < -0.39 is 15.1 Å². The number of primary sulfonamides is 1. The first-order chi connectivity index (χ1) is 11.3. The van der Waals surface area contributed by atoms with Crippen LogP contribution in [-0.4, -0.2) is 38.9 Å². The van der Waals surface area contributed by atoms with E-state index in [9.17, 15) is 13.2 Å². The van der Waals surface area contributed by atoms with Gasteiger partial charge < -0.3 is 14.2 Å². The van der Waals surface area contributed by atoms with Gasteiger partial charge in [0.2, 0.25) is 5.09 Å². The standard InChI is InChI=1S/C16H19N3O4S/c1-11-9-18(2)13-6-4-3-5-12(13)10-19(11)16(20)14-7-8-15(23-14)24(17,21)22/h3-8,11H,9-10H2,1-2H3,(H2,17,21,22). The summed E-state index contributed by atoms with van der Waals surface area (Å²) in [6, 6.07) is 10.3. The van der Waals surface area contributed by atoms with Crippen molar-refractivity contribution >= 4 is 21.6 Å². The number of carbonyl (C=O) groups is 1. The normalized spacial score (nSPS) is 18.2. The minimum atomic E-state index is -3.97. The van der Waals surface area contributed by atoms with E-state index in [2.05, 4.69) is 4.90 Å². The number of anilines is 1. The van der Waals surface area contributed by atoms with Crippen LogP contribution in [-0.2, 0) is 16.6 Å². The number of furan rings is 1. The van der Waals surface area contributed by atoms with Crippen molar-refractivity contribution in [3.8, 4) is 0 Å². The molecule has 1 aliphatic heterocycles. The maximum Gasteiger partial charge on any atom is 0.290 e. The maximum atomic E-state index is 12.8. The van der Waals surface area contributed by atoms with Gasteiger partial charge in [-0.3, -0.25) is 4.79 Å². The molecule has 7 nitrogen and oxygen atoms in total. The molecular formula is C16H19N3O4S. The summed E-state index contributed by atoms with van der Waals surface area (Å²) in [4.78, 5) is 16.6. The Morgan fingerprint density at radius 3 is 2.62 bits per heavy atom. The molecule has 8 heteroatoms. The highest BCUT2D eigenvalue weighted by Gasteiger charge is 2.29. The molecule has 0 spiro atoms. The van der Waals surface area contributed by atoms with Crippen LogP contribution in [0.15, 0.2) is 45.9 Å². The van der Waals surface area contributed by atoms with Gasteiger partial charge in [0, 0.05) is 31.9 Å². The lowest BCUT2D eigenvalue weighted by Gasteiger charge is -2.27. The first-order valence-electron chi connectivity index (χ1n) is 7.50. The lowest BCUT2D eigenvalue weighted by atomic mass is 10.1. The van der Waals surface area contributed by atoms with Gasteiger partial charge in [0.25, 0.3) is 15.9 Å². The number of nitrogens with two attached hydrogens (primary N) is 1. The van der Waals surface area contributed by atoms with Crippen molar-refractivity contribution in [3.05, 3.63) is 47.7 Å². The molecule has 1 unspecified atom stereocenters. The van der Waals surface area contributed by atoms with Gasteiger partial charge in [-0.05, 0) is 30.7 Å². The number of para-hydroxylation sites is 1. The van der Waals surface area contributed by atoms with Crippen LogP contribution in [0.1, 0.15) is 23.0 Å². The zero-order chi connectivity index (χ0) is 17.5. The van der Waals surface area contributed by atoms with Gasteiger partial charge in [0.05, 0.1) is 0 Å². The second kappa shape index (κ2) is 5.95. The Morgan fingerprint density at radius 2 is 1.96 bits per heavy atom. The van der Waals surface area contributed by atoms with E-state index in [0.29, 0.717) is 13.1 Å². The highest BCUT2D eigenvalue weighted by molar-refractivity contribution is 7.89. The summed E-state index contributed by atoms with van der Waals surface area (Å²) < 4.78 is 27.8. The van der Waals surface area contributed by atoms with Crippen LogP contribution < -0.4 is 10.0 Å². The Kier molecular flexibility index (Phi) is 4.10. The number of nitrogens with zero attached hydrogens (tertiary/aromatic N) is 2. The summed E-state index contributed by atoms with van der Waals surface area (Å²) in [5.74, 6) is -0.393. The van der Waals surface area contributed by atoms with Crippen molar-refractivity contribution < 1.29 is 17.6 Å². The molecule has 1 aromatic heterocycles. The molecule has 24 heavy (non-hydrogen) atoms. The molecule has 1 aliphatic rings. The van der Waals surface area contributed by atoms with Crippen LogP contribution >= 0.6 is 0 Å². The number of hydrogen-bond donors (Lipinski definition) is 1. The molecule has 3 rings (SSSR count). The summed E-state index contributed by atoms with van der Waals surface area (Å²) >= 11 is 0. The van der Waals surface area contributed by atoms with Crippen LogP contribution in [0.3, 0.4) is 0 Å². The highest BCUT2D eigenvalue weighted by Crippen LogP contribution is 2.27. The van der Waals surface area contributed by atoms with Crippen LogP contribution in [0.25, 0.3) is 0 Å². The summed E-state index contributed by atoms with van der Waals surface area (Å²) in [5, 5.41) is 4.62. The number of likely N-dealkylation sites (N-methyl/N-ethyl adjacent to an activating group) is 1. The number of rotatable bonds is 2. The van der Waals surface area contributed by atoms with Crippen molar-refractivity contribution in [2.24, 2.45) is 5.14 Å². The summed E-state index contributed by atoms with van der Waals surface area (Å²) in [6.07, 6.45) is 0. The average Bonchev–Trinajstić information content (AvgIpc) is 2.98. The topological polar surface area (TPSA) is 96.9 Å². The Morgan fingerprint density at radius 1 is 1.25 bits per heavy atom. The molecule has 2 N–H and O–H groups in total. The molecule has 1 amide bonds. The second-order valence-electron chi connectivity index (χ2n) is 5.96. The van der Waals surface area contributed by atoms with Gasteiger partial charge in [-0.15, -0.1) is 0 Å². The lowest BCUT2D eigenvalue weighted by Crippen LogP contribution is -2.41. The highest BCUT2D eigenvalue weighted by atomic mass is 32.2. The van der Waals surface area contributed by atoms with E-state index >= 15 is 0 Å². The van der Waals surface area contributed by atoms with Crippen LogP contribution in [0.5, 0.6) is 0 Å². The van der Waals surface area contributed by atoms with E-state index in [1.807, 2.05) is 38.2 Å². The lowest BCUT2D eigenvalue weighted by molar-refractivity contribution is 0.0648. The van der Waals surface area contributed by atoms with E-state index in [-0.39, 0.29) is 17.7 Å². The second-order valence-corrected chi connectivity index (χ2v) is 7.45. The number of carbonyl (C=O) groups excluding carboxylic acids is 1. The molecule has 1 aromatic carbocycles. The number of sulfonamides is 1. The summed E-state index contributed by atoms with van der Waals surface area (Å²) in [7, 11) is -1.99. The predicted octanol–water partition coefficient (Wildman–Crippen LogP) is 1.41. The first kappa shape index (κ1) is 16.5. The molecule has 0 fully saturated rings. The number of fused-ring (bicyclic) bond motifs is 1. The molecule has 128 valence electrons. The molecule has 0 saturated heterocycles. The fourth-order valence-electron chi connectivity index (χ4n) is 2.95. The van der Waals surface area contributed by atoms with Gasteiger partial charge in [0.1, 0.15) is 0 Å². The Bertz CT molecular complexity index is 875. The van der Waals surface area contributed by atoms with Gasteiger partial charge >= 0.3 is 0 Å². The zero-order valence-electron chi connectivity index (χ0n) is 13.5. The number of benzene rings is 1. The fraction of sp³-hybridized carbons (Fsp3) is 0.312. The van der Waals surface area contributed by atoms with E-state index in [1.54, 1.807) is 4.90 Å². The molecule has 0 aliphatic carbocycles. The van der Waals surface area contributed by atoms with E-state index in [1.165, 1.54) is 12.1 Å². The minimum Gasteiger partial charge on any atom is -0.438 e. The number of hydrogen-bond acceptors (Lipinski definition) is 5. The van der Waals surface area contributed by atoms with Crippen molar-refractivity contribution in [2.45, 2.75) is 24.6 Å². The van der Waals surface area contributed by atoms with Gasteiger partial charge in [-0.2, -0.15) is 0 Å². The Hall–Kier alpha value is -2.32. The molecule has 2 heterocycles. The van der Waals surface area contributed by atoms with Gasteiger partial charge in [0.15, 0.2) is 5.76 Å². The first-order valence-corrected chi connectivity index (χ1v) is 9.04. The van der Waals surface area contributed by atoms with Crippen molar-refractivity contribution in [2.75, 3.05) is 18.5 Å². The predicted molar refractivity (Wildman–Crippen MR) is 89.1 cm³/mol. The van der Waals surface area contributed by atoms with Crippen molar-refractivity contribution in [1.29, 1.82) is 0 Å². The third kappa shape index (κ3) is 3.02. The quantitative estimate of drug-likeness (QED) is 0.884. The maximum absolute atomic E-state index is 12.8. The monoisotopic (exact) mass is 349 g/mol. The average molecular weight is 349 g/mol. The Labute approximate surface area is 140 Å². The Balaban J connectivity index is 1.93. The minimum absolute atomic E-state index is 0.0343. The SMILES string of the molecule is CC1CN(C)c2ccccc2CN1C(=O)c1ccc(S(N)(=O)=O)o1. The van der Waals surface area contributed by atoms with E-state index in [4.69, 9.17) is 9.56 Å². The van der Waals surface area contributed by atoms with E-state index in [0.717, 1.165) is 11.3 Å². The smallest absolute Gasteiger partial charge is 0.290 e. The zero-order valence-corrected chi connectivity index (χ0v) is 14.3. The largest absolute Gasteiger partial charge is 0.438 e. The van der Waals surface area contributed by atoms with Crippen LogP contribution in [0.2, 0.25) is 0 Å². The molecule has 0 saturated carbocycles. The van der Waals surface area contributed by atoms with Crippen molar-refractivity contribution in [3.63, 3.8) is 0 Å². The van der Waals surface area contributed by atoms with Crippen LogP contribution in [0.4, 0.5) is 5.69 Å². The fourth-order valence-corrected chi connectivity index (χ4v) is 3.41. The molecular weight excluding hydrogens is 330 g/mol. The molecule has 1 atom stereocenters. The van der Waals surface area contributed by atoms with Crippen molar-refractivity contribution in [1.82, 2.24) is 4.90 Å². The molecule has 2 aromatic rings. The third-order valence-electron chi connectivity index (χ3n) is 4.15.